The quantitative estimate of drug-likeness (QED) is 0.468. The van der Waals surface area contributed by atoms with E-state index < -0.39 is 6.04 Å². The van der Waals surface area contributed by atoms with Gasteiger partial charge in [-0.25, -0.2) is 0 Å². The fourth-order valence-corrected chi connectivity index (χ4v) is 2.49. The number of aryl methyl sites for hydroxylation is 1. The van der Waals surface area contributed by atoms with Crippen molar-refractivity contribution in [2.75, 3.05) is 7.11 Å². The molecule has 0 saturated heterocycles. The first kappa shape index (κ1) is 21.4. The second-order valence-corrected chi connectivity index (χ2v) is 6.01. The van der Waals surface area contributed by atoms with Crippen molar-refractivity contribution < 1.29 is 19.1 Å². The summed E-state index contributed by atoms with van der Waals surface area (Å²) >= 11 is 0. The van der Waals surface area contributed by atoms with E-state index in [-0.39, 0.29) is 30.2 Å². The molecular weight excluding hydrogens is 332 g/mol. The molecule has 2 amide bonds. The summed E-state index contributed by atoms with van der Waals surface area (Å²) in [6.07, 6.45) is 3.59. The van der Waals surface area contributed by atoms with Crippen LogP contribution in [0, 0.1) is 0 Å². The van der Waals surface area contributed by atoms with E-state index in [0.29, 0.717) is 19.3 Å². The van der Waals surface area contributed by atoms with Gasteiger partial charge < -0.3 is 15.4 Å². The number of esters is 1. The van der Waals surface area contributed by atoms with E-state index >= 15 is 0 Å². The van der Waals surface area contributed by atoms with Crippen LogP contribution in [0.15, 0.2) is 43.0 Å². The number of hydrogen-bond donors (Lipinski definition) is 2. The third kappa shape index (κ3) is 7.96. The number of nitrogens with one attached hydrogen (secondary N) is 2. The van der Waals surface area contributed by atoms with E-state index in [9.17, 15) is 14.4 Å². The standard InChI is InChI=1S/C20H28N2O4/c1-4-9-17(22-18(23)5-2)20(25)21-16(14-19(24)26-3)13-12-15-10-7-6-8-11-15/h4,6-8,10-11,16-17H,1,5,9,12-14H2,2-3H3,(H,21,25)(H,22,23)/t16-,17?/m0/s1. The first-order valence-corrected chi connectivity index (χ1v) is 8.81. The molecule has 26 heavy (non-hydrogen) atoms. The molecular formula is C20H28N2O4. The summed E-state index contributed by atoms with van der Waals surface area (Å²) < 4.78 is 4.73. The number of benzene rings is 1. The lowest BCUT2D eigenvalue weighted by atomic mass is 10.0. The lowest BCUT2D eigenvalue weighted by molar-refractivity contribution is -0.141. The Bertz CT molecular complexity index is 601. The first-order valence-electron chi connectivity index (χ1n) is 8.81. The van der Waals surface area contributed by atoms with E-state index in [2.05, 4.69) is 17.2 Å². The summed E-state index contributed by atoms with van der Waals surface area (Å²) in [6.45, 7) is 5.35. The summed E-state index contributed by atoms with van der Waals surface area (Å²) in [5.74, 6) is -0.921. The summed E-state index contributed by atoms with van der Waals surface area (Å²) in [4.78, 5) is 35.8. The van der Waals surface area contributed by atoms with E-state index in [1.54, 1.807) is 13.0 Å². The maximum absolute atomic E-state index is 12.6. The Balaban J connectivity index is 2.74. The Hall–Kier alpha value is -2.63. The normalized spacial score (nSPS) is 12.5. The zero-order valence-electron chi connectivity index (χ0n) is 15.5. The summed E-state index contributed by atoms with van der Waals surface area (Å²) in [7, 11) is 1.32. The largest absolute Gasteiger partial charge is 0.469 e. The minimum Gasteiger partial charge on any atom is -0.469 e. The Kier molecular flexibility index (Phi) is 9.75. The van der Waals surface area contributed by atoms with Gasteiger partial charge in [0.05, 0.1) is 13.5 Å². The van der Waals surface area contributed by atoms with Crippen molar-refractivity contribution in [3.05, 3.63) is 48.6 Å². The predicted octanol–water partition coefficient (Wildman–Crippen LogP) is 2.14. The topological polar surface area (TPSA) is 84.5 Å². The fraction of sp³-hybridized carbons (Fsp3) is 0.450. The van der Waals surface area contributed by atoms with Gasteiger partial charge in [-0.3, -0.25) is 14.4 Å². The SMILES string of the molecule is C=CCC(NC(=O)CC)C(=O)N[C@@H](CCc1ccccc1)CC(=O)OC. The van der Waals surface area contributed by atoms with E-state index in [1.807, 2.05) is 30.3 Å². The molecule has 0 bridgehead atoms. The minimum atomic E-state index is -0.697. The Morgan fingerprint density at radius 1 is 1.19 bits per heavy atom. The molecule has 6 heteroatoms. The second kappa shape index (κ2) is 11.8. The van der Waals surface area contributed by atoms with Crippen LogP contribution < -0.4 is 10.6 Å². The predicted molar refractivity (Wildman–Crippen MR) is 100 cm³/mol. The van der Waals surface area contributed by atoms with Gasteiger partial charge in [0.2, 0.25) is 11.8 Å². The van der Waals surface area contributed by atoms with Crippen LogP contribution in [0.1, 0.15) is 38.2 Å². The molecule has 0 heterocycles. The van der Waals surface area contributed by atoms with Crippen molar-refractivity contribution in [2.24, 2.45) is 0 Å². The third-order valence-electron chi connectivity index (χ3n) is 3.99. The summed E-state index contributed by atoms with van der Waals surface area (Å²) in [6, 6.07) is 8.76. The van der Waals surface area contributed by atoms with Gasteiger partial charge >= 0.3 is 5.97 Å². The van der Waals surface area contributed by atoms with Gasteiger partial charge in [-0.05, 0) is 24.8 Å². The smallest absolute Gasteiger partial charge is 0.307 e. The van der Waals surface area contributed by atoms with Crippen LogP contribution in [-0.2, 0) is 25.5 Å². The van der Waals surface area contributed by atoms with Crippen molar-refractivity contribution in [3.63, 3.8) is 0 Å². The number of methoxy groups -OCH3 is 1. The van der Waals surface area contributed by atoms with Gasteiger partial charge in [-0.15, -0.1) is 6.58 Å². The van der Waals surface area contributed by atoms with Gasteiger partial charge in [0.1, 0.15) is 6.04 Å². The number of rotatable bonds is 11. The van der Waals surface area contributed by atoms with Crippen molar-refractivity contribution >= 4 is 17.8 Å². The maximum Gasteiger partial charge on any atom is 0.307 e. The maximum atomic E-state index is 12.6. The third-order valence-corrected chi connectivity index (χ3v) is 3.99. The lowest BCUT2D eigenvalue weighted by Gasteiger charge is -2.22. The van der Waals surface area contributed by atoms with Gasteiger partial charge in [0.25, 0.3) is 0 Å². The Morgan fingerprint density at radius 3 is 2.46 bits per heavy atom. The molecule has 1 aromatic rings. The first-order chi connectivity index (χ1) is 12.5. The molecule has 2 N–H and O–H groups in total. The van der Waals surface area contributed by atoms with Crippen molar-refractivity contribution in [2.45, 2.75) is 51.1 Å². The number of carbonyl (C=O) groups excluding carboxylic acids is 3. The Morgan fingerprint density at radius 2 is 1.88 bits per heavy atom. The highest BCUT2D eigenvalue weighted by molar-refractivity contribution is 5.88. The van der Waals surface area contributed by atoms with E-state index in [0.717, 1.165) is 12.0 Å². The second-order valence-electron chi connectivity index (χ2n) is 6.01. The van der Waals surface area contributed by atoms with Crippen LogP contribution in [0.5, 0.6) is 0 Å². The van der Waals surface area contributed by atoms with Gasteiger partial charge in [0, 0.05) is 12.5 Å². The molecule has 0 fully saturated rings. The average Bonchev–Trinajstić information content (AvgIpc) is 2.66. The van der Waals surface area contributed by atoms with Gasteiger partial charge in [-0.1, -0.05) is 43.3 Å². The summed E-state index contributed by atoms with van der Waals surface area (Å²) in [5, 5.41) is 5.54. The highest BCUT2D eigenvalue weighted by Gasteiger charge is 2.23. The molecule has 0 aliphatic rings. The molecule has 1 aromatic carbocycles. The van der Waals surface area contributed by atoms with Gasteiger partial charge in [-0.2, -0.15) is 0 Å². The number of hydrogen-bond acceptors (Lipinski definition) is 4. The highest BCUT2D eigenvalue weighted by Crippen LogP contribution is 2.09. The zero-order chi connectivity index (χ0) is 19.4. The monoisotopic (exact) mass is 360 g/mol. The van der Waals surface area contributed by atoms with Crippen LogP contribution in [0.4, 0.5) is 0 Å². The van der Waals surface area contributed by atoms with Gasteiger partial charge in [0.15, 0.2) is 0 Å². The van der Waals surface area contributed by atoms with Crippen LogP contribution in [-0.4, -0.2) is 37.0 Å². The molecule has 142 valence electrons. The number of ether oxygens (including phenoxy) is 1. The average molecular weight is 360 g/mol. The van der Waals surface area contributed by atoms with Crippen molar-refractivity contribution in [1.29, 1.82) is 0 Å². The van der Waals surface area contributed by atoms with E-state index in [4.69, 9.17) is 4.74 Å². The molecule has 0 aliphatic heterocycles. The van der Waals surface area contributed by atoms with Crippen LogP contribution >= 0.6 is 0 Å². The van der Waals surface area contributed by atoms with Crippen LogP contribution in [0.25, 0.3) is 0 Å². The summed E-state index contributed by atoms with van der Waals surface area (Å²) in [5.41, 5.74) is 1.12. The number of carbonyl (C=O) groups is 3. The van der Waals surface area contributed by atoms with Crippen LogP contribution in [0.3, 0.4) is 0 Å². The van der Waals surface area contributed by atoms with Crippen molar-refractivity contribution in [3.8, 4) is 0 Å². The molecule has 0 radical (unpaired) electrons. The number of amides is 2. The molecule has 1 unspecified atom stereocenters. The highest BCUT2D eigenvalue weighted by atomic mass is 16.5. The molecule has 2 atom stereocenters. The Labute approximate surface area is 155 Å². The molecule has 1 rings (SSSR count). The molecule has 0 aliphatic carbocycles. The van der Waals surface area contributed by atoms with Crippen molar-refractivity contribution in [1.82, 2.24) is 10.6 Å². The molecule has 0 aromatic heterocycles. The molecule has 0 saturated carbocycles. The molecule has 0 spiro atoms. The fourth-order valence-electron chi connectivity index (χ4n) is 2.49. The lowest BCUT2D eigenvalue weighted by Crippen LogP contribution is -2.49. The van der Waals surface area contributed by atoms with E-state index in [1.165, 1.54) is 7.11 Å². The molecule has 6 nitrogen and oxygen atoms in total. The zero-order valence-corrected chi connectivity index (χ0v) is 15.5. The minimum absolute atomic E-state index is 0.0810. The van der Waals surface area contributed by atoms with Crippen LogP contribution in [0.2, 0.25) is 0 Å².